The summed E-state index contributed by atoms with van der Waals surface area (Å²) in [5, 5.41) is 15.5. The molecule has 130 valence electrons. The van der Waals surface area contributed by atoms with Crippen molar-refractivity contribution < 1.29 is 9.42 Å². The Hall–Kier alpha value is -3.22. The zero-order valence-electron chi connectivity index (χ0n) is 14.2. The molecule has 0 unspecified atom stereocenters. The molecule has 1 aliphatic carbocycles. The van der Waals surface area contributed by atoms with Crippen LogP contribution in [-0.4, -0.2) is 21.1 Å². The number of anilines is 2. The van der Waals surface area contributed by atoms with Gasteiger partial charge in [0.1, 0.15) is 0 Å². The summed E-state index contributed by atoms with van der Waals surface area (Å²) in [5.41, 5.74) is 3.56. The molecule has 0 saturated heterocycles. The molecule has 0 saturated carbocycles. The van der Waals surface area contributed by atoms with Crippen LogP contribution in [0.1, 0.15) is 31.4 Å². The summed E-state index contributed by atoms with van der Waals surface area (Å²) in [6.45, 7) is 2.08. The molecule has 2 aliphatic rings. The predicted octanol–water partition coefficient (Wildman–Crippen LogP) is 3.45. The van der Waals surface area contributed by atoms with Crippen molar-refractivity contribution in [1.29, 1.82) is 0 Å². The molecular formula is C19H17N5O2. The van der Waals surface area contributed by atoms with E-state index >= 15 is 0 Å². The molecule has 0 amide bonds. The third-order valence-corrected chi connectivity index (χ3v) is 5.00. The molecule has 0 fully saturated rings. The lowest BCUT2D eigenvalue weighted by molar-refractivity contribution is -0.117. The average molecular weight is 347 g/mol. The van der Waals surface area contributed by atoms with Crippen molar-refractivity contribution in [2.75, 3.05) is 10.6 Å². The first-order valence-corrected chi connectivity index (χ1v) is 8.66. The van der Waals surface area contributed by atoms with Gasteiger partial charge in [-0.3, -0.25) is 9.78 Å². The summed E-state index contributed by atoms with van der Waals surface area (Å²) in [6.07, 6.45) is 3.11. The van der Waals surface area contributed by atoms with Gasteiger partial charge in [0.05, 0.1) is 11.6 Å². The SMILES string of the molecule is C[C@H]1CC(=O)C2=C(C1)Nc1nonc1N[C@H]2c1ccc2ncccc2c1. The number of carbonyl (C=O) groups excluding carboxylic acids is 1. The molecule has 0 spiro atoms. The highest BCUT2D eigenvalue weighted by atomic mass is 16.6. The number of carbonyl (C=O) groups is 1. The standard InChI is InChI=1S/C19H17N5O2/c1-10-7-14-16(15(25)8-10)17(22-19-18(21-14)23-26-24-19)12-4-5-13-11(9-12)3-2-6-20-13/h2-6,9-10,17H,7-8H2,1H3,(H,21,23)(H,22,24)/t10-,17+/m1/s1. The highest BCUT2D eigenvalue weighted by Gasteiger charge is 2.35. The first-order valence-electron chi connectivity index (χ1n) is 8.66. The second kappa shape index (κ2) is 5.66. The largest absolute Gasteiger partial charge is 0.353 e. The summed E-state index contributed by atoms with van der Waals surface area (Å²) in [7, 11) is 0. The number of nitrogens with one attached hydrogen (secondary N) is 2. The molecule has 2 aromatic heterocycles. The number of hydrogen-bond acceptors (Lipinski definition) is 7. The number of hydrogen-bond donors (Lipinski definition) is 2. The Morgan fingerprint density at radius 2 is 2.04 bits per heavy atom. The Kier molecular flexibility index (Phi) is 3.28. The Bertz CT molecular complexity index is 1050. The van der Waals surface area contributed by atoms with Gasteiger partial charge in [-0.05, 0) is 46.4 Å². The maximum Gasteiger partial charge on any atom is 0.219 e. The Morgan fingerprint density at radius 1 is 1.15 bits per heavy atom. The van der Waals surface area contributed by atoms with Crippen LogP contribution in [0.4, 0.5) is 11.6 Å². The molecule has 2 atom stereocenters. The molecule has 1 aliphatic heterocycles. The van der Waals surface area contributed by atoms with E-state index in [0.717, 1.165) is 34.2 Å². The summed E-state index contributed by atoms with van der Waals surface area (Å²) in [5.74, 6) is 1.47. The van der Waals surface area contributed by atoms with Crippen LogP contribution in [0, 0.1) is 5.92 Å². The van der Waals surface area contributed by atoms with Gasteiger partial charge in [-0.25, -0.2) is 4.63 Å². The van der Waals surface area contributed by atoms with Crippen LogP contribution in [0.3, 0.4) is 0 Å². The molecule has 1 aromatic carbocycles. The number of ketones is 1. The Balaban J connectivity index is 1.68. The van der Waals surface area contributed by atoms with Crippen molar-refractivity contribution in [2.45, 2.75) is 25.8 Å². The van der Waals surface area contributed by atoms with Crippen LogP contribution in [0.5, 0.6) is 0 Å². The van der Waals surface area contributed by atoms with Crippen molar-refractivity contribution in [3.63, 3.8) is 0 Å². The minimum Gasteiger partial charge on any atom is -0.353 e. The van der Waals surface area contributed by atoms with Crippen molar-refractivity contribution in [3.8, 4) is 0 Å². The number of nitrogens with zero attached hydrogens (tertiary/aromatic N) is 3. The second-order valence-electron chi connectivity index (χ2n) is 6.95. The Labute approximate surface area is 149 Å². The number of benzene rings is 1. The van der Waals surface area contributed by atoms with E-state index in [0.29, 0.717) is 18.1 Å². The summed E-state index contributed by atoms with van der Waals surface area (Å²) < 4.78 is 4.87. The third-order valence-electron chi connectivity index (χ3n) is 5.00. The van der Waals surface area contributed by atoms with Gasteiger partial charge in [-0.15, -0.1) is 0 Å². The van der Waals surface area contributed by atoms with E-state index in [4.69, 9.17) is 4.63 Å². The van der Waals surface area contributed by atoms with E-state index < -0.39 is 0 Å². The lowest BCUT2D eigenvalue weighted by Crippen LogP contribution is -2.26. The fraction of sp³-hybridized carbons (Fsp3) is 0.263. The summed E-state index contributed by atoms with van der Waals surface area (Å²) in [4.78, 5) is 17.3. The molecule has 0 radical (unpaired) electrons. The zero-order chi connectivity index (χ0) is 17.7. The fourth-order valence-electron chi connectivity index (χ4n) is 3.82. The van der Waals surface area contributed by atoms with Crippen molar-refractivity contribution in [3.05, 3.63) is 53.4 Å². The topological polar surface area (TPSA) is 92.9 Å². The number of pyridine rings is 1. The smallest absolute Gasteiger partial charge is 0.219 e. The van der Waals surface area contributed by atoms with E-state index in [2.05, 4.69) is 38.9 Å². The normalized spacial score (nSPS) is 22.3. The Morgan fingerprint density at radius 3 is 2.96 bits per heavy atom. The van der Waals surface area contributed by atoms with Crippen LogP contribution in [0.15, 0.2) is 52.4 Å². The van der Waals surface area contributed by atoms with E-state index in [9.17, 15) is 4.79 Å². The van der Waals surface area contributed by atoms with Crippen LogP contribution in [-0.2, 0) is 4.79 Å². The van der Waals surface area contributed by atoms with Crippen molar-refractivity contribution >= 4 is 28.3 Å². The lowest BCUT2D eigenvalue weighted by Gasteiger charge is -2.27. The van der Waals surface area contributed by atoms with Gasteiger partial charge in [0.15, 0.2) is 5.78 Å². The number of rotatable bonds is 1. The predicted molar refractivity (Wildman–Crippen MR) is 96.5 cm³/mol. The molecule has 26 heavy (non-hydrogen) atoms. The highest BCUT2D eigenvalue weighted by Crippen LogP contribution is 2.40. The van der Waals surface area contributed by atoms with Gasteiger partial charge in [0.25, 0.3) is 0 Å². The van der Waals surface area contributed by atoms with Crippen LogP contribution < -0.4 is 10.6 Å². The van der Waals surface area contributed by atoms with E-state index in [-0.39, 0.29) is 17.7 Å². The van der Waals surface area contributed by atoms with E-state index in [1.54, 1.807) is 6.20 Å². The molecule has 5 rings (SSSR count). The van der Waals surface area contributed by atoms with Gasteiger partial charge >= 0.3 is 0 Å². The minimum atomic E-state index is -0.310. The van der Waals surface area contributed by atoms with Gasteiger partial charge in [-0.2, -0.15) is 0 Å². The van der Waals surface area contributed by atoms with Gasteiger partial charge in [-0.1, -0.05) is 19.1 Å². The number of Topliss-reactive ketones (excluding diaryl/α,β-unsaturated/α-hetero) is 1. The molecule has 7 heteroatoms. The minimum absolute atomic E-state index is 0.150. The summed E-state index contributed by atoms with van der Waals surface area (Å²) in [6, 6.07) is 9.66. The third kappa shape index (κ3) is 2.35. The lowest BCUT2D eigenvalue weighted by atomic mass is 9.82. The van der Waals surface area contributed by atoms with Crippen LogP contribution >= 0.6 is 0 Å². The van der Waals surface area contributed by atoms with Gasteiger partial charge < -0.3 is 10.6 Å². The van der Waals surface area contributed by atoms with Crippen molar-refractivity contribution in [1.82, 2.24) is 15.3 Å². The monoisotopic (exact) mass is 347 g/mol. The molecule has 3 heterocycles. The molecule has 7 nitrogen and oxygen atoms in total. The van der Waals surface area contributed by atoms with Gasteiger partial charge in [0, 0.05) is 29.3 Å². The molecule has 2 N–H and O–H groups in total. The fourth-order valence-corrected chi connectivity index (χ4v) is 3.82. The molecule has 3 aromatic rings. The van der Waals surface area contributed by atoms with E-state index in [1.165, 1.54) is 0 Å². The second-order valence-corrected chi connectivity index (χ2v) is 6.95. The van der Waals surface area contributed by atoms with Crippen molar-refractivity contribution in [2.24, 2.45) is 5.92 Å². The zero-order valence-corrected chi connectivity index (χ0v) is 14.2. The number of fused-ring (bicyclic) bond motifs is 2. The maximum atomic E-state index is 12.9. The summed E-state index contributed by atoms with van der Waals surface area (Å²) >= 11 is 0. The number of aromatic nitrogens is 3. The van der Waals surface area contributed by atoms with Crippen LogP contribution in [0.25, 0.3) is 10.9 Å². The molecule has 0 bridgehead atoms. The average Bonchev–Trinajstić information content (AvgIpc) is 3.00. The molecular weight excluding hydrogens is 330 g/mol. The maximum absolute atomic E-state index is 12.9. The quantitative estimate of drug-likeness (QED) is 0.696. The number of allylic oxidation sites excluding steroid dienone is 1. The van der Waals surface area contributed by atoms with Crippen LogP contribution in [0.2, 0.25) is 0 Å². The highest BCUT2D eigenvalue weighted by molar-refractivity contribution is 6.00. The van der Waals surface area contributed by atoms with E-state index in [1.807, 2.05) is 24.3 Å². The first kappa shape index (κ1) is 15.1. The first-order chi connectivity index (χ1) is 12.7. The van der Waals surface area contributed by atoms with Gasteiger partial charge in [0.2, 0.25) is 11.6 Å².